The van der Waals surface area contributed by atoms with Crippen molar-refractivity contribution in [3.63, 3.8) is 0 Å². The molecule has 2 rings (SSSR count). The van der Waals surface area contributed by atoms with Crippen molar-refractivity contribution < 1.29 is 0 Å². The smallest absolute Gasteiger partial charge is 0.115 e. The maximum atomic E-state index is 4.17. The van der Waals surface area contributed by atoms with Crippen LogP contribution in [-0.4, -0.2) is 24.1 Å². The van der Waals surface area contributed by atoms with Gasteiger partial charge in [0, 0.05) is 39.1 Å². The van der Waals surface area contributed by atoms with Crippen LogP contribution in [0.2, 0.25) is 0 Å². The molecule has 0 atom stereocenters. The van der Waals surface area contributed by atoms with Gasteiger partial charge in [0.05, 0.1) is 5.69 Å². The second kappa shape index (κ2) is 6.12. The van der Waals surface area contributed by atoms with E-state index in [9.17, 15) is 0 Å². The van der Waals surface area contributed by atoms with E-state index in [-0.39, 0.29) is 0 Å². The molecule has 0 unspecified atom stereocenters. The van der Waals surface area contributed by atoms with E-state index in [1.54, 1.807) is 12.5 Å². The first-order valence-electron chi connectivity index (χ1n) is 5.97. The Morgan fingerprint density at radius 1 is 1.06 bits per heavy atom. The van der Waals surface area contributed by atoms with Gasteiger partial charge in [-0.05, 0) is 23.8 Å². The Morgan fingerprint density at radius 2 is 1.83 bits per heavy atom. The van der Waals surface area contributed by atoms with Crippen molar-refractivity contribution in [2.75, 3.05) is 19.0 Å². The van der Waals surface area contributed by atoms with Gasteiger partial charge in [0.25, 0.3) is 0 Å². The Kier molecular flexibility index (Phi) is 4.25. The summed E-state index contributed by atoms with van der Waals surface area (Å²) in [4.78, 5) is 10.2. The van der Waals surface area contributed by atoms with Gasteiger partial charge in [0.2, 0.25) is 0 Å². The number of nitrogens with one attached hydrogen (secondary N) is 1. The average Bonchev–Trinajstić information content (AvgIpc) is 2.40. The minimum absolute atomic E-state index is 0.762. The zero-order valence-corrected chi connectivity index (χ0v) is 10.8. The second-order valence-corrected chi connectivity index (χ2v) is 4.37. The first-order chi connectivity index (χ1) is 8.75. The van der Waals surface area contributed by atoms with Crippen LogP contribution in [0.5, 0.6) is 0 Å². The number of nitrogens with zero attached hydrogens (tertiary/aromatic N) is 3. The van der Waals surface area contributed by atoms with Crippen LogP contribution in [0.3, 0.4) is 0 Å². The monoisotopic (exact) mass is 242 g/mol. The maximum Gasteiger partial charge on any atom is 0.115 e. The van der Waals surface area contributed by atoms with Gasteiger partial charge in [-0.2, -0.15) is 0 Å². The van der Waals surface area contributed by atoms with Gasteiger partial charge >= 0.3 is 0 Å². The molecule has 2 aromatic rings. The van der Waals surface area contributed by atoms with E-state index in [2.05, 4.69) is 44.5 Å². The molecule has 1 N–H and O–H groups in total. The highest BCUT2D eigenvalue weighted by Gasteiger charge is 1.97. The van der Waals surface area contributed by atoms with Crippen molar-refractivity contribution in [3.8, 4) is 0 Å². The third-order valence-corrected chi connectivity index (χ3v) is 2.73. The summed E-state index contributed by atoms with van der Waals surface area (Å²) in [5, 5.41) is 3.36. The first-order valence-corrected chi connectivity index (χ1v) is 5.97. The lowest BCUT2D eigenvalue weighted by Gasteiger charge is -2.12. The highest BCUT2D eigenvalue weighted by atomic mass is 15.1. The quantitative estimate of drug-likeness (QED) is 0.868. The zero-order chi connectivity index (χ0) is 12.8. The molecule has 0 bridgehead atoms. The molecule has 18 heavy (non-hydrogen) atoms. The minimum Gasteiger partial charge on any atom is -0.378 e. The number of hydrogen-bond donors (Lipinski definition) is 1. The SMILES string of the molecule is CN(C)c1ccc(CNCc2ccncn2)cc1. The molecule has 4 nitrogen and oxygen atoms in total. The highest BCUT2D eigenvalue weighted by Crippen LogP contribution is 2.11. The Hall–Kier alpha value is -1.94. The van der Waals surface area contributed by atoms with Crippen LogP contribution in [0, 0.1) is 0 Å². The Morgan fingerprint density at radius 3 is 2.44 bits per heavy atom. The molecule has 0 saturated heterocycles. The van der Waals surface area contributed by atoms with E-state index >= 15 is 0 Å². The fourth-order valence-corrected chi connectivity index (χ4v) is 1.67. The summed E-state index contributed by atoms with van der Waals surface area (Å²) < 4.78 is 0. The zero-order valence-electron chi connectivity index (χ0n) is 10.8. The molecule has 0 aliphatic carbocycles. The number of benzene rings is 1. The van der Waals surface area contributed by atoms with Gasteiger partial charge < -0.3 is 10.2 Å². The van der Waals surface area contributed by atoms with Crippen LogP contribution >= 0.6 is 0 Å². The Balaban J connectivity index is 1.83. The molecule has 1 heterocycles. The van der Waals surface area contributed by atoms with E-state index in [0.717, 1.165) is 18.8 Å². The van der Waals surface area contributed by atoms with Crippen LogP contribution in [0.1, 0.15) is 11.3 Å². The topological polar surface area (TPSA) is 41.0 Å². The second-order valence-electron chi connectivity index (χ2n) is 4.37. The number of anilines is 1. The third-order valence-electron chi connectivity index (χ3n) is 2.73. The van der Waals surface area contributed by atoms with Crippen molar-refractivity contribution in [2.24, 2.45) is 0 Å². The maximum absolute atomic E-state index is 4.17. The molecule has 0 radical (unpaired) electrons. The van der Waals surface area contributed by atoms with Gasteiger partial charge in [-0.3, -0.25) is 0 Å². The third kappa shape index (κ3) is 3.53. The van der Waals surface area contributed by atoms with E-state index in [4.69, 9.17) is 0 Å². The van der Waals surface area contributed by atoms with Gasteiger partial charge in [-0.25, -0.2) is 9.97 Å². The molecule has 4 heteroatoms. The number of hydrogen-bond acceptors (Lipinski definition) is 4. The molecule has 1 aromatic carbocycles. The predicted octanol–water partition coefficient (Wildman–Crippen LogP) is 1.83. The fourth-order valence-electron chi connectivity index (χ4n) is 1.67. The van der Waals surface area contributed by atoms with Crippen molar-refractivity contribution in [1.82, 2.24) is 15.3 Å². The highest BCUT2D eigenvalue weighted by molar-refractivity contribution is 5.45. The lowest BCUT2D eigenvalue weighted by molar-refractivity contribution is 0.678. The molecule has 0 aliphatic rings. The fraction of sp³-hybridized carbons (Fsp3) is 0.286. The lowest BCUT2D eigenvalue weighted by atomic mass is 10.2. The molecule has 94 valence electrons. The van der Waals surface area contributed by atoms with Crippen LogP contribution in [0.25, 0.3) is 0 Å². The Bertz CT molecular complexity index is 465. The van der Waals surface area contributed by atoms with Crippen LogP contribution < -0.4 is 10.2 Å². The molecule has 0 spiro atoms. The van der Waals surface area contributed by atoms with Crippen molar-refractivity contribution in [2.45, 2.75) is 13.1 Å². The average molecular weight is 242 g/mol. The van der Waals surface area contributed by atoms with Crippen LogP contribution in [-0.2, 0) is 13.1 Å². The summed E-state index contributed by atoms with van der Waals surface area (Å²) in [6.45, 7) is 1.61. The summed E-state index contributed by atoms with van der Waals surface area (Å²) in [6.07, 6.45) is 3.33. The molecule has 0 amide bonds. The lowest BCUT2D eigenvalue weighted by Crippen LogP contribution is -2.14. The number of rotatable bonds is 5. The normalized spacial score (nSPS) is 10.3. The summed E-state index contributed by atoms with van der Waals surface area (Å²) in [5.41, 5.74) is 3.50. The molecular weight excluding hydrogens is 224 g/mol. The van der Waals surface area contributed by atoms with Crippen molar-refractivity contribution in [3.05, 3.63) is 54.1 Å². The standard InChI is InChI=1S/C14H18N4/c1-18(2)14-5-3-12(4-6-14)9-16-10-13-7-8-15-11-17-13/h3-8,11,16H,9-10H2,1-2H3. The van der Waals surface area contributed by atoms with Crippen LogP contribution in [0.4, 0.5) is 5.69 Å². The molecule has 1 aromatic heterocycles. The van der Waals surface area contributed by atoms with E-state index in [1.165, 1.54) is 11.3 Å². The molecule has 0 aliphatic heterocycles. The van der Waals surface area contributed by atoms with E-state index in [0.29, 0.717) is 0 Å². The summed E-state index contributed by atoms with van der Waals surface area (Å²) in [6, 6.07) is 10.5. The predicted molar refractivity (Wildman–Crippen MR) is 73.3 cm³/mol. The molecule has 0 fully saturated rings. The number of aromatic nitrogens is 2. The molecule has 0 saturated carbocycles. The minimum atomic E-state index is 0.762. The van der Waals surface area contributed by atoms with Crippen LogP contribution in [0.15, 0.2) is 42.9 Å². The summed E-state index contributed by atoms with van der Waals surface area (Å²) >= 11 is 0. The van der Waals surface area contributed by atoms with Gasteiger partial charge in [0.15, 0.2) is 0 Å². The van der Waals surface area contributed by atoms with E-state index < -0.39 is 0 Å². The van der Waals surface area contributed by atoms with E-state index in [1.807, 2.05) is 20.2 Å². The van der Waals surface area contributed by atoms with Gasteiger partial charge in [0.1, 0.15) is 6.33 Å². The Labute approximate surface area is 108 Å². The molecular formula is C14H18N4. The summed E-state index contributed by atoms with van der Waals surface area (Å²) in [5.74, 6) is 0. The van der Waals surface area contributed by atoms with Gasteiger partial charge in [-0.15, -0.1) is 0 Å². The van der Waals surface area contributed by atoms with Crippen molar-refractivity contribution in [1.29, 1.82) is 0 Å². The first kappa shape index (κ1) is 12.5. The largest absolute Gasteiger partial charge is 0.378 e. The summed E-state index contributed by atoms with van der Waals surface area (Å²) in [7, 11) is 4.09. The van der Waals surface area contributed by atoms with Crippen molar-refractivity contribution >= 4 is 5.69 Å². The van der Waals surface area contributed by atoms with Gasteiger partial charge in [-0.1, -0.05) is 12.1 Å².